The zero-order chi connectivity index (χ0) is 20.8. The Morgan fingerprint density at radius 3 is 2.28 bits per heavy atom. The normalized spacial score (nSPS) is 12.4. The Hall–Kier alpha value is -4.37. The number of para-hydroxylation sites is 3. The Morgan fingerprint density at radius 1 is 0.562 bits per heavy atom. The molecule has 0 unspecified atom stereocenters. The summed E-state index contributed by atoms with van der Waals surface area (Å²) in [5.74, 6) is 0. The van der Waals surface area contributed by atoms with Gasteiger partial charge in [-0.1, -0.05) is 54.6 Å². The number of pyridine rings is 1. The molecular weight excluding hydrogens is 390 g/mol. The molecule has 0 saturated carbocycles. The van der Waals surface area contributed by atoms with E-state index in [9.17, 15) is 0 Å². The van der Waals surface area contributed by atoms with Gasteiger partial charge in [-0.25, -0.2) is 4.98 Å². The maximum atomic E-state index is 5.04. The molecule has 0 bridgehead atoms. The van der Waals surface area contributed by atoms with Crippen LogP contribution >= 0.6 is 0 Å². The molecule has 0 aliphatic heterocycles. The van der Waals surface area contributed by atoms with Crippen molar-refractivity contribution in [1.82, 2.24) is 14.0 Å². The molecule has 4 aromatic heterocycles. The van der Waals surface area contributed by atoms with Crippen LogP contribution in [0.25, 0.3) is 65.7 Å². The van der Waals surface area contributed by atoms with E-state index in [4.69, 9.17) is 4.98 Å². The topological polar surface area (TPSA) is 22.2 Å². The molecular formula is C29H17N3. The van der Waals surface area contributed by atoms with Crippen LogP contribution in [0.4, 0.5) is 0 Å². The van der Waals surface area contributed by atoms with Crippen molar-refractivity contribution in [1.29, 1.82) is 0 Å². The second-order valence-electron chi connectivity index (χ2n) is 8.51. The van der Waals surface area contributed by atoms with Gasteiger partial charge in [0, 0.05) is 44.2 Å². The molecule has 0 aliphatic carbocycles. The van der Waals surface area contributed by atoms with Crippen LogP contribution in [0.2, 0.25) is 0 Å². The lowest BCUT2D eigenvalue weighted by atomic mass is 10.1. The quantitative estimate of drug-likeness (QED) is 0.279. The fourth-order valence-corrected chi connectivity index (χ4v) is 5.50. The van der Waals surface area contributed by atoms with E-state index in [1.807, 2.05) is 0 Å². The molecule has 3 nitrogen and oxygen atoms in total. The highest BCUT2D eigenvalue weighted by atomic mass is 15.0. The van der Waals surface area contributed by atoms with Gasteiger partial charge < -0.3 is 4.57 Å². The van der Waals surface area contributed by atoms with E-state index in [2.05, 4.69) is 112 Å². The first-order valence-electron chi connectivity index (χ1n) is 10.9. The Kier molecular flexibility index (Phi) is 2.89. The summed E-state index contributed by atoms with van der Waals surface area (Å²) >= 11 is 0. The molecule has 3 heteroatoms. The standard InChI is InChI=1S/C29H17N3/c1-2-9-19(10-3-1)32-26-13-7-5-11-20(26)22-17-23-24-16-18-8-4-6-12-25(18)30-29(24)31-15-14-21(27(23)31)28(22)32/h1-17H. The summed E-state index contributed by atoms with van der Waals surface area (Å²) in [6.45, 7) is 0. The van der Waals surface area contributed by atoms with Crippen molar-refractivity contribution in [2.45, 2.75) is 0 Å². The SMILES string of the molecule is c1ccc(-n2c3ccccc3c3cc4c5cc6ccccc6nc5n5ccc(c32)c45)cc1. The fraction of sp³-hybridized carbons (Fsp3) is 0. The number of aromatic nitrogens is 3. The summed E-state index contributed by atoms with van der Waals surface area (Å²) in [6, 6.07) is 34.7. The molecule has 0 atom stereocenters. The zero-order valence-electron chi connectivity index (χ0n) is 17.2. The third-order valence-corrected chi connectivity index (χ3v) is 6.84. The lowest BCUT2D eigenvalue weighted by molar-refractivity contribution is 1.19. The summed E-state index contributed by atoms with van der Waals surface area (Å²) in [5.41, 5.74) is 6.97. The van der Waals surface area contributed by atoms with Gasteiger partial charge in [-0.15, -0.1) is 0 Å². The van der Waals surface area contributed by atoms with Crippen molar-refractivity contribution in [2.75, 3.05) is 0 Å². The van der Waals surface area contributed by atoms with E-state index >= 15 is 0 Å². The molecule has 4 heterocycles. The van der Waals surface area contributed by atoms with Crippen LogP contribution in [0.1, 0.15) is 0 Å². The average Bonchev–Trinajstić information content (AvgIpc) is 3.51. The summed E-state index contributed by atoms with van der Waals surface area (Å²) in [4.78, 5) is 5.04. The van der Waals surface area contributed by atoms with E-state index in [0.717, 1.165) is 11.2 Å². The van der Waals surface area contributed by atoms with Crippen LogP contribution in [-0.4, -0.2) is 14.0 Å². The third-order valence-electron chi connectivity index (χ3n) is 6.84. The van der Waals surface area contributed by atoms with Crippen molar-refractivity contribution in [2.24, 2.45) is 0 Å². The number of hydrogen-bond acceptors (Lipinski definition) is 1. The molecule has 0 spiro atoms. The maximum absolute atomic E-state index is 5.04. The number of fused-ring (bicyclic) bond motifs is 8. The van der Waals surface area contributed by atoms with E-state index in [0.29, 0.717) is 0 Å². The predicted octanol–water partition coefficient (Wildman–Crippen LogP) is 7.33. The Labute approximate surface area is 183 Å². The van der Waals surface area contributed by atoms with Gasteiger partial charge in [-0.3, -0.25) is 4.40 Å². The van der Waals surface area contributed by atoms with Gasteiger partial charge >= 0.3 is 0 Å². The Bertz CT molecular complexity index is 1970. The van der Waals surface area contributed by atoms with E-state index < -0.39 is 0 Å². The number of rotatable bonds is 1. The van der Waals surface area contributed by atoms with E-state index in [1.54, 1.807) is 0 Å². The first kappa shape index (κ1) is 16.3. The molecule has 0 fully saturated rings. The monoisotopic (exact) mass is 407 g/mol. The highest BCUT2D eigenvalue weighted by molar-refractivity contribution is 6.27. The van der Waals surface area contributed by atoms with Crippen LogP contribution in [0.3, 0.4) is 0 Å². The molecule has 8 aromatic rings. The maximum Gasteiger partial charge on any atom is 0.145 e. The highest BCUT2D eigenvalue weighted by Gasteiger charge is 2.21. The molecule has 148 valence electrons. The molecule has 32 heavy (non-hydrogen) atoms. The fourth-order valence-electron chi connectivity index (χ4n) is 5.50. The third kappa shape index (κ3) is 1.89. The van der Waals surface area contributed by atoms with Gasteiger partial charge in [0.25, 0.3) is 0 Å². The highest BCUT2D eigenvalue weighted by Crippen LogP contribution is 2.42. The summed E-state index contributed by atoms with van der Waals surface area (Å²) in [7, 11) is 0. The summed E-state index contributed by atoms with van der Waals surface area (Å²) in [5, 5.41) is 7.48. The average molecular weight is 407 g/mol. The van der Waals surface area contributed by atoms with Crippen molar-refractivity contribution in [3.8, 4) is 5.69 Å². The van der Waals surface area contributed by atoms with Gasteiger partial charge in [-0.2, -0.15) is 0 Å². The van der Waals surface area contributed by atoms with Crippen molar-refractivity contribution < 1.29 is 0 Å². The summed E-state index contributed by atoms with van der Waals surface area (Å²) < 4.78 is 4.67. The van der Waals surface area contributed by atoms with Crippen molar-refractivity contribution >= 4 is 60.0 Å². The molecule has 0 aliphatic rings. The van der Waals surface area contributed by atoms with Gasteiger partial charge in [0.1, 0.15) is 5.65 Å². The Balaban J connectivity index is 1.66. The second kappa shape index (κ2) is 5.65. The molecule has 0 amide bonds. The summed E-state index contributed by atoms with van der Waals surface area (Å²) in [6.07, 6.45) is 2.17. The largest absolute Gasteiger partial charge is 0.309 e. The van der Waals surface area contributed by atoms with Crippen LogP contribution < -0.4 is 0 Å². The number of hydrogen-bond donors (Lipinski definition) is 0. The van der Waals surface area contributed by atoms with E-state index in [-0.39, 0.29) is 0 Å². The minimum atomic E-state index is 1.02. The minimum absolute atomic E-state index is 1.02. The first-order chi connectivity index (χ1) is 15.9. The smallest absolute Gasteiger partial charge is 0.145 e. The van der Waals surface area contributed by atoms with Crippen molar-refractivity contribution in [3.05, 3.63) is 103 Å². The van der Waals surface area contributed by atoms with Gasteiger partial charge in [0.15, 0.2) is 0 Å². The number of benzene rings is 4. The van der Waals surface area contributed by atoms with Crippen LogP contribution in [0, 0.1) is 0 Å². The first-order valence-corrected chi connectivity index (χ1v) is 10.9. The molecule has 8 rings (SSSR count). The second-order valence-corrected chi connectivity index (χ2v) is 8.51. The predicted molar refractivity (Wildman–Crippen MR) is 133 cm³/mol. The Morgan fingerprint density at radius 2 is 1.34 bits per heavy atom. The van der Waals surface area contributed by atoms with Crippen molar-refractivity contribution in [3.63, 3.8) is 0 Å². The minimum Gasteiger partial charge on any atom is -0.309 e. The van der Waals surface area contributed by atoms with Crippen LogP contribution in [-0.2, 0) is 0 Å². The van der Waals surface area contributed by atoms with E-state index in [1.165, 1.54) is 54.6 Å². The lowest BCUT2D eigenvalue weighted by Crippen LogP contribution is -1.93. The number of nitrogens with zero attached hydrogens (tertiary/aromatic N) is 3. The molecule has 4 aromatic carbocycles. The van der Waals surface area contributed by atoms with Gasteiger partial charge in [0.05, 0.1) is 22.1 Å². The molecule has 0 saturated heterocycles. The van der Waals surface area contributed by atoms with Crippen LogP contribution in [0.5, 0.6) is 0 Å². The molecule has 0 N–H and O–H groups in total. The zero-order valence-corrected chi connectivity index (χ0v) is 17.2. The van der Waals surface area contributed by atoms with Crippen LogP contribution in [0.15, 0.2) is 103 Å². The molecule has 0 radical (unpaired) electrons. The lowest BCUT2D eigenvalue weighted by Gasteiger charge is -2.08. The van der Waals surface area contributed by atoms with Gasteiger partial charge in [-0.05, 0) is 42.5 Å². The van der Waals surface area contributed by atoms with Gasteiger partial charge in [0.2, 0.25) is 0 Å².